The van der Waals surface area contributed by atoms with Gasteiger partial charge in [0, 0.05) is 43.0 Å². The molecule has 5 rings (SSSR count). The average molecular weight is 568 g/mol. The van der Waals surface area contributed by atoms with E-state index in [2.05, 4.69) is 51.6 Å². The molecular weight excluding hydrogens is 526 g/mol. The van der Waals surface area contributed by atoms with E-state index >= 15 is 0 Å². The lowest BCUT2D eigenvalue weighted by molar-refractivity contribution is -0.155. The number of pyridine rings is 1. The van der Waals surface area contributed by atoms with Crippen molar-refractivity contribution in [3.8, 4) is 0 Å². The standard InChI is InChI=1S/C35H41N3O4/c1-34(2,3)42-32(39)17-16-27-19-22-38(24-27)35(41-26-29-13-8-5-9-14-29)20-18-31(30-15-10-21-36-23-30)33(37-35)40-25-28-11-6-4-7-12-28/h4-15,18,20-21,23,27,37H,16-17,19,22,24-26H2,1-3H3. The highest BCUT2D eigenvalue weighted by Gasteiger charge is 2.43. The summed E-state index contributed by atoms with van der Waals surface area (Å²) in [5, 5.41) is 3.67. The van der Waals surface area contributed by atoms with Gasteiger partial charge < -0.3 is 19.5 Å². The second-order valence-corrected chi connectivity index (χ2v) is 11.9. The van der Waals surface area contributed by atoms with Gasteiger partial charge in [-0.3, -0.25) is 14.7 Å². The normalized spacial score (nSPS) is 20.8. The Hall–Kier alpha value is -3.94. The van der Waals surface area contributed by atoms with Crippen LogP contribution in [0.2, 0.25) is 0 Å². The van der Waals surface area contributed by atoms with Crippen LogP contribution in [0.25, 0.3) is 5.57 Å². The summed E-state index contributed by atoms with van der Waals surface area (Å²) in [6.07, 6.45) is 9.92. The molecule has 0 radical (unpaired) electrons. The van der Waals surface area contributed by atoms with Crippen LogP contribution in [0.1, 0.15) is 56.7 Å². The number of ether oxygens (including phenoxy) is 3. The van der Waals surface area contributed by atoms with Crippen LogP contribution in [0, 0.1) is 5.92 Å². The van der Waals surface area contributed by atoms with Gasteiger partial charge in [-0.1, -0.05) is 66.7 Å². The van der Waals surface area contributed by atoms with E-state index in [1.807, 2.05) is 75.5 Å². The maximum atomic E-state index is 12.4. The van der Waals surface area contributed by atoms with Gasteiger partial charge in [0.15, 0.2) is 5.88 Å². The summed E-state index contributed by atoms with van der Waals surface area (Å²) in [6.45, 7) is 8.15. The smallest absolute Gasteiger partial charge is 0.306 e. The zero-order chi connectivity index (χ0) is 29.4. The SMILES string of the molecule is CC(C)(C)OC(=O)CCC1CCN(C2(OCc3ccccc3)C=CC(c3cccnc3)=C(OCc3ccccc3)N2)C1. The Bertz CT molecular complexity index is 1370. The molecule has 7 heteroatoms. The van der Waals surface area contributed by atoms with E-state index in [1.165, 1.54) is 0 Å². The molecule has 0 aliphatic carbocycles. The molecular formula is C35H41N3O4. The molecule has 1 N–H and O–H groups in total. The lowest BCUT2D eigenvalue weighted by Crippen LogP contribution is -2.59. The van der Waals surface area contributed by atoms with Crippen LogP contribution in [-0.4, -0.2) is 40.4 Å². The number of dihydropyridines is 1. The molecule has 2 unspecified atom stereocenters. The van der Waals surface area contributed by atoms with Crippen molar-refractivity contribution >= 4 is 11.5 Å². The van der Waals surface area contributed by atoms with Crippen molar-refractivity contribution in [1.29, 1.82) is 0 Å². The van der Waals surface area contributed by atoms with Crippen LogP contribution in [0.4, 0.5) is 0 Å². The third-order valence-corrected chi connectivity index (χ3v) is 7.45. The van der Waals surface area contributed by atoms with Crippen molar-refractivity contribution in [2.45, 2.75) is 64.7 Å². The van der Waals surface area contributed by atoms with Crippen LogP contribution >= 0.6 is 0 Å². The molecule has 1 saturated heterocycles. The van der Waals surface area contributed by atoms with Gasteiger partial charge in [0.05, 0.1) is 6.61 Å². The fourth-order valence-electron chi connectivity index (χ4n) is 5.35. The van der Waals surface area contributed by atoms with Gasteiger partial charge in [-0.25, -0.2) is 0 Å². The first kappa shape index (κ1) is 29.5. The second kappa shape index (κ2) is 13.4. The molecule has 3 aromatic rings. The van der Waals surface area contributed by atoms with E-state index in [1.54, 1.807) is 6.20 Å². The number of allylic oxidation sites excluding steroid dienone is 2. The Labute approximate surface area is 249 Å². The first-order valence-electron chi connectivity index (χ1n) is 14.7. The number of aromatic nitrogens is 1. The average Bonchev–Trinajstić information content (AvgIpc) is 3.49. The molecule has 0 bridgehead atoms. The molecule has 3 heterocycles. The maximum absolute atomic E-state index is 12.4. The summed E-state index contributed by atoms with van der Waals surface area (Å²) in [4.78, 5) is 19.1. The monoisotopic (exact) mass is 567 g/mol. The molecule has 2 aromatic carbocycles. The number of hydrogen-bond acceptors (Lipinski definition) is 7. The number of benzene rings is 2. The maximum Gasteiger partial charge on any atom is 0.306 e. The number of nitrogens with one attached hydrogen (secondary N) is 1. The lowest BCUT2D eigenvalue weighted by Gasteiger charge is -2.43. The molecule has 2 aliphatic rings. The predicted octanol–water partition coefficient (Wildman–Crippen LogP) is 6.44. The second-order valence-electron chi connectivity index (χ2n) is 11.9. The van der Waals surface area contributed by atoms with Crippen LogP contribution < -0.4 is 5.32 Å². The zero-order valence-electron chi connectivity index (χ0n) is 24.8. The summed E-state index contributed by atoms with van der Waals surface area (Å²) >= 11 is 0. The largest absolute Gasteiger partial charge is 0.474 e. The Morgan fingerprint density at radius 1 is 1.00 bits per heavy atom. The van der Waals surface area contributed by atoms with Crippen LogP contribution in [0.3, 0.4) is 0 Å². The van der Waals surface area contributed by atoms with E-state index in [4.69, 9.17) is 14.2 Å². The molecule has 42 heavy (non-hydrogen) atoms. The number of esters is 1. The van der Waals surface area contributed by atoms with Crippen molar-refractivity contribution in [3.63, 3.8) is 0 Å². The molecule has 0 spiro atoms. The Balaban J connectivity index is 1.38. The summed E-state index contributed by atoms with van der Waals surface area (Å²) in [6, 6.07) is 24.3. The van der Waals surface area contributed by atoms with Crippen molar-refractivity contribution < 1.29 is 19.0 Å². The van der Waals surface area contributed by atoms with Gasteiger partial charge in [0.1, 0.15) is 12.2 Å². The number of nitrogens with zero attached hydrogens (tertiary/aromatic N) is 2. The van der Waals surface area contributed by atoms with Crippen molar-refractivity contribution in [2.75, 3.05) is 13.1 Å². The Kier molecular flexibility index (Phi) is 9.40. The summed E-state index contributed by atoms with van der Waals surface area (Å²) in [5.74, 6) is -0.0805. The quantitative estimate of drug-likeness (QED) is 0.267. The van der Waals surface area contributed by atoms with E-state index in [0.717, 1.165) is 48.2 Å². The van der Waals surface area contributed by atoms with E-state index < -0.39 is 11.4 Å². The number of carbonyl (C=O) groups is 1. The third-order valence-electron chi connectivity index (χ3n) is 7.45. The van der Waals surface area contributed by atoms with Gasteiger partial charge in [0.2, 0.25) is 5.85 Å². The van der Waals surface area contributed by atoms with E-state index in [0.29, 0.717) is 31.4 Å². The minimum atomic E-state index is -0.922. The highest BCUT2D eigenvalue weighted by molar-refractivity contribution is 5.76. The summed E-state index contributed by atoms with van der Waals surface area (Å²) in [5.41, 5.74) is 3.56. The molecule has 1 fully saturated rings. The lowest BCUT2D eigenvalue weighted by atomic mass is 10.0. The number of carbonyl (C=O) groups excluding carboxylic acids is 1. The predicted molar refractivity (Wildman–Crippen MR) is 163 cm³/mol. The fourth-order valence-corrected chi connectivity index (χ4v) is 5.35. The number of likely N-dealkylation sites (tertiary alicyclic amines) is 1. The summed E-state index contributed by atoms with van der Waals surface area (Å²) in [7, 11) is 0. The third kappa shape index (κ3) is 7.87. The van der Waals surface area contributed by atoms with Gasteiger partial charge in [-0.15, -0.1) is 0 Å². The molecule has 0 saturated carbocycles. The van der Waals surface area contributed by atoms with Crippen LogP contribution in [0.5, 0.6) is 0 Å². The summed E-state index contributed by atoms with van der Waals surface area (Å²) < 4.78 is 18.8. The Morgan fingerprint density at radius 2 is 1.71 bits per heavy atom. The van der Waals surface area contributed by atoms with Crippen molar-refractivity contribution in [2.24, 2.45) is 5.92 Å². The number of rotatable bonds is 11. The van der Waals surface area contributed by atoms with Gasteiger partial charge in [-0.05, 0) is 68.9 Å². The first-order chi connectivity index (χ1) is 20.3. The molecule has 1 aromatic heterocycles. The van der Waals surface area contributed by atoms with Gasteiger partial charge in [-0.2, -0.15) is 0 Å². The molecule has 7 nitrogen and oxygen atoms in total. The molecule has 2 aliphatic heterocycles. The topological polar surface area (TPSA) is 72.9 Å². The molecule has 0 amide bonds. The van der Waals surface area contributed by atoms with Gasteiger partial charge in [0.25, 0.3) is 0 Å². The fraction of sp³-hybridized carbons (Fsp3) is 0.371. The van der Waals surface area contributed by atoms with Crippen LogP contribution in [-0.2, 0) is 32.2 Å². The highest BCUT2D eigenvalue weighted by atomic mass is 16.6. The minimum absolute atomic E-state index is 0.146. The van der Waals surface area contributed by atoms with Crippen molar-refractivity contribution in [1.82, 2.24) is 15.2 Å². The minimum Gasteiger partial charge on any atom is -0.474 e. The number of hydrogen-bond donors (Lipinski definition) is 1. The first-order valence-corrected chi connectivity index (χ1v) is 14.7. The zero-order valence-corrected chi connectivity index (χ0v) is 24.8. The van der Waals surface area contributed by atoms with Crippen molar-refractivity contribution in [3.05, 3.63) is 120 Å². The van der Waals surface area contributed by atoms with Crippen LogP contribution in [0.15, 0.2) is 103 Å². The molecule has 2 atom stereocenters. The molecule has 220 valence electrons. The highest BCUT2D eigenvalue weighted by Crippen LogP contribution is 2.35. The van der Waals surface area contributed by atoms with E-state index in [9.17, 15) is 4.79 Å². The van der Waals surface area contributed by atoms with E-state index in [-0.39, 0.29) is 5.97 Å². The Morgan fingerprint density at radius 3 is 2.38 bits per heavy atom. The van der Waals surface area contributed by atoms with Gasteiger partial charge >= 0.3 is 5.97 Å².